The second-order valence-electron chi connectivity index (χ2n) is 15.3. The first-order valence-corrected chi connectivity index (χ1v) is 18.5. The lowest BCUT2D eigenvalue weighted by molar-refractivity contribution is -0.145. The van der Waals surface area contributed by atoms with Crippen LogP contribution < -0.4 is 21.3 Å². The van der Waals surface area contributed by atoms with Crippen molar-refractivity contribution in [2.75, 3.05) is 6.54 Å². The number of nitrogens with one attached hydrogen (secondary N) is 4. The summed E-state index contributed by atoms with van der Waals surface area (Å²) in [5.41, 5.74) is 2.61. The minimum Gasteiger partial charge on any atom is -0.381 e. The van der Waals surface area contributed by atoms with E-state index in [0.29, 0.717) is 25.8 Å². The summed E-state index contributed by atoms with van der Waals surface area (Å²) in [4.78, 5) is 79.0. The summed E-state index contributed by atoms with van der Waals surface area (Å²) in [6, 6.07) is -3.38. The molecule has 2 heterocycles. The fraction of sp³-hybridized carbons (Fsp3) is 0.649. The molecule has 7 atom stereocenters. The van der Waals surface area contributed by atoms with E-state index in [9.17, 15) is 29.1 Å². The Morgan fingerprint density at radius 3 is 2.38 bits per heavy atom. The number of aliphatic hydroxyl groups excluding tert-OH is 1. The Morgan fingerprint density at radius 2 is 1.74 bits per heavy atom. The second kappa shape index (κ2) is 13.9. The van der Waals surface area contributed by atoms with Crippen LogP contribution in [0, 0.1) is 23.2 Å². The summed E-state index contributed by atoms with van der Waals surface area (Å²) in [7, 11) is 0. The van der Waals surface area contributed by atoms with Gasteiger partial charge in [-0.25, -0.2) is 4.98 Å². The molecular formula is C37H49N7O6. The van der Waals surface area contributed by atoms with Gasteiger partial charge in [-0.1, -0.05) is 56.3 Å². The van der Waals surface area contributed by atoms with Gasteiger partial charge in [0, 0.05) is 36.5 Å². The topological polar surface area (TPSA) is 183 Å². The van der Waals surface area contributed by atoms with Gasteiger partial charge in [0.1, 0.15) is 23.8 Å². The Bertz CT molecular complexity index is 1590. The van der Waals surface area contributed by atoms with Crippen LogP contribution >= 0.6 is 0 Å². The van der Waals surface area contributed by atoms with Crippen molar-refractivity contribution >= 4 is 29.5 Å². The number of rotatable bonds is 14. The molecule has 1 saturated heterocycles. The Morgan fingerprint density at radius 1 is 0.980 bits per heavy atom. The normalized spacial score (nSPS) is 26.7. The lowest BCUT2D eigenvalue weighted by atomic mass is 9.80. The van der Waals surface area contributed by atoms with Crippen LogP contribution in [-0.2, 0) is 19.2 Å². The fourth-order valence-electron chi connectivity index (χ4n) is 8.94. The number of fused-ring (bicyclic) bond motifs is 1. The average Bonchev–Trinajstić information content (AvgIpc) is 4.09. The van der Waals surface area contributed by atoms with Gasteiger partial charge in [0.2, 0.25) is 17.7 Å². The van der Waals surface area contributed by atoms with Crippen LogP contribution in [0.5, 0.6) is 0 Å². The van der Waals surface area contributed by atoms with E-state index in [1.54, 1.807) is 4.90 Å². The number of hydrogen-bond donors (Lipinski definition) is 5. The third kappa shape index (κ3) is 6.68. The molecule has 2 saturated carbocycles. The molecule has 6 aliphatic rings. The molecule has 1 aromatic heterocycles. The first-order chi connectivity index (χ1) is 24.1. The number of amides is 5. The first-order valence-electron chi connectivity index (χ1n) is 18.5. The molecule has 0 spiro atoms. The third-order valence-corrected chi connectivity index (χ3v) is 12.1. The van der Waals surface area contributed by atoms with E-state index in [1.807, 2.05) is 19.9 Å². The Balaban J connectivity index is 1.11. The van der Waals surface area contributed by atoms with Crippen molar-refractivity contribution in [2.24, 2.45) is 23.2 Å². The predicted octanol–water partition coefficient (Wildman–Crippen LogP) is 2.04. The zero-order valence-corrected chi connectivity index (χ0v) is 29.0. The van der Waals surface area contributed by atoms with Crippen LogP contribution in [0.1, 0.15) is 101 Å². The Hall–Kier alpha value is -4.13. The van der Waals surface area contributed by atoms with E-state index in [0.717, 1.165) is 74.6 Å². The monoisotopic (exact) mass is 687 g/mol. The van der Waals surface area contributed by atoms with Gasteiger partial charge in [-0.2, -0.15) is 0 Å². The molecule has 13 heteroatoms. The van der Waals surface area contributed by atoms with Gasteiger partial charge in [-0.3, -0.25) is 29.0 Å². The van der Waals surface area contributed by atoms with E-state index < -0.39 is 53.4 Å². The number of hydrogen-bond acceptors (Lipinski definition) is 8. The van der Waals surface area contributed by atoms with Crippen LogP contribution in [0.25, 0.3) is 0 Å². The molecule has 1 aromatic rings. The molecule has 13 nitrogen and oxygen atoms in total. The van der Waals surface area contributed by atoms with Crippen molar-refractivity contribution in [2.45, 2.75) is 121 Å². The number of likely N-dealkylation sites (tertiary alicyclic amines) is 1. The van der Waals surface area contributed by atoms with Gasteiger partial charge in [0.15, 0.2) is 6.10 Å². The highest BCUT2D eigenvalue weighted by Gasteiger charge is 2.67. The molecule has 50 heavy (non-hydrogen) atoms. The Labute approximate surface area is 292 Å². The van der Waals surface area contributed by atoms with E-state index in [1.165, 1.54) is 18.6 Å². The fourth-order valence-corrected chi connectivity index (χ4v) is 8.94. The lowest BCUT2D eigenvalue weighted by Gasteiger charge is -2.38. The quantitative estimate of drug-likeness (QED) is 0.184. The van der Waals surface area contributed by atoms with E-state index >= 15 is 0 Å². The molecule has 1 aliphatic heterocycles. The second-order valence-corrected chi connectivity index (χ2v) is 15.3. The smallest absolute Gasteiger partial charge is 0.272 e. The van der Waals surface area contributed by atoms with Crippen LogP contribution in [0.2, 0.25) is 0 Å². The number of nitrogens with zero attached hydrogens (tertiary/aromatic N) is 3. The maximum absolute atomic E-state index is 14.8. The van der Waals surface area contributed by atoms with E-state index in [4.69, 9.17) is 0 Å². The highest BCUT2D eigenvalue weighted by Crippen LogP contribution is 2.72. The SMILES string of the molecule is CCCC(NC(=O)C1C2CCCC2CN1C(=O)C(NC(=O)C(NC(=O)c1cnccn1)C1CCCCC1)C1(C)C2=C1C2)C(O)C(=O)NC1=CC1. The first kappa shape index (κ1) is 34.3. The number of carbonyl (C=O) groups excluding carboxylic acids is 5. The van der Waals surface area contributed by atoms with Crippen LogP contribution in [0.3, 0.4) is 0 Å². The van der Waals surface area contributed by atoms with Crippen LogP contribution in [0.4, 0.5) is 0 Å². The van der Waals surface area contributed by atoms with Crippen molar-refractivity contribution < 1.29 is 29.1 Å². The highest BCUT2D eigenvalue weighted by atomic mass is 16.3. The summed E-state index contributed by atoms with van der Waals surface area (Å²) in [6.45, 7) is 4.30. The molecule has 7 unspecified atom stereocenters. The summed E-state index contributed by atoms with van der Waals surface area (Å²) < 4.78 is 0. The molecule has 7 rings (SSSR count). The predicted molar refractivity (Wildman–Crippen MR) is 182 cm³/mol. The van der Waals surface area contributed by atoms with Gasteiger partial charge in [-0.15, -0.1) is 0 Å². The van der Waals surface area contributed by atoms with E-state index in [-0.39, 0.29) is 35.3 Å². The van der Waals surface area contributed by atoms with E-state index in [2.05, 4.69) is 31.2 Å². The molecular weight excluding hydrogens is 638 g/mol. The largest absolute Gasteiger partial charge is 0.381 e. The summed E-state index contributed by atoms with van der Waals surface area (Å²) >= 11 is 0. The molecule has 0 aromatic carbocycles. The van der Waals surface area contributed by atoms with Gasteiger partial charge in [0.05, 0.1) is 12.2 Å². The maximum atomic E-state index is 14.8. The number of allylic oxidation sites excluding steroid dienone is 2. The van der Waals surface area contributed by atoms with Crippen LogP contribution in [0.15, 0.2) is 41.5 Å². The number of carbonyl (C=O) groups is 5. The standard InChI is InChI=1S/C37H49N7O6/c1-3-8-26(30(45)35(49)40-22-13-14-22)41-34(48)29-23-12-7-11-21(23)19-44(29)36(50)31(37(2)24-17-25(24)37)43-33(47)28(20-9-5-4-6-10-20)42-32(46)27-18-38-15-16-39-27/h13,15-16,18,20-21,23,26,28-31,45H,3-12,14,17,19H2,1-2H3,(H,40,49)(H,41,48)(H,42,46)(H,43,47). The van der Waals surface area contributed by atoms with Gasteiger partial charge >= 0.3 is 0 Å². The molecule has 0 radical (unpaired) electrons. The van der Waals surface area contributed by atoms with Crippen molar-refractivity contribution in [1.82, 2.24) is 36.1 Å². The minimum absolute atomic E-state index is 0.0525. The molecule has 0 bridgehead atoms. The number of aliphatic hydroxyl groups is 1. The Kier molecular flexibility index (Phi) is 9.53. The zero-order chi connectivity index (χ0) is 35.2. The third-order valence-electron chi connectivity index (χ3n) is 12.1. The van der Waals surface area contributed by atoms with Crippen molar-refractivity contribution in [3.05, 3.63) is 47.2 Å². The molecule has 268 valence electrons. The zero-order valence-electron chi connectivity index (χ0n) is 29.0. The molecule has 5 N–H and O–H groups in total. The highest BCUT2D eigenvalue weighted by molar-refractivity contribution is 5.99. The summed E-state index contributed by atoms with van der Waals surface area (Å²) in [5.74, 6) is -2.15. The number of aromatic nitrogens is 2. The van der Waals surface area contributed by atoms with Crippen molar-refractivity contribution in [1.29, 1.82) is 0 Å². The van der Waals surface area contributed by atoms with Gasteiger partial charge in [0.25, 0.3) is 11.8 Å². The van der Waals surface area contributed by atoms with Crippen molar-refractivity contribution in [3.63, 3.8) is 0 Å². The molecule has 3 fully saturated rings. The molecule has 5 amide bonds. The lowest BCUT2D eigenvalue weighted by Crippen LogP contribution is -2.62. The molecule has 5 aliphatic carbocycles. The average molecular weight is 688 g/mol. The minimum atomic E-state index is -1.43. The summed E-state index contributed by atoms with van der Waals surface area (Å²) in [5, 5.41) is 22.6. The summed E-state index contributed by atoms with van der Waals surface area (Å²) in [6.07, 6.45) is 14.4. The maximum Gasteiger partial charge on any atom is 0.272 e. The van der Waals surface area contributed by atoms with Crippen molar-refractivity contribution in [3.8, 4) is 0 Å². The van der Waals surface area contributed by atoms with Gasteiger partial charge in [-0.05, 0) is 63.2 Å². The van der Waals surface area contributed by atoms with Crippen LogP contribution in [-0.4, -0.2) is 86.3 Å². The van der Waals surface area contributed by atoms with Gasteiger partial charge < -0.3 is 31.3 Å².